The highest BCUT2D eigenvalue weighted by molar-refractivity contribution is 7.17. The summed E-state index contributed by atoms with van der Waals surface area (Å²) in [5.74, 6) is 0.392. The molecule has 0 saturated heterocycles. The molecule has 1 N–H and O–H groups in total. The number of carbonyl (C=O) groups excluding carboxylic acids is 1. The molecule has 6 nitrogen and oxygen atoms in total. The fourth-order valence-electron chi connectivity index (χ4n) is 2.05. The summed E-state index contributed by atoms with van der Waals surface area (Å²) >= 11 is 1.20. The topological polar surface area (TPSA) is 92.4 Å². The van der Waals surface area contributed by atoms with E-state index in [2.05, 4.69) is 11.1 Å². The van der Waals surface area contributed by atoms with Crippen LogP contribution in [-0.2, 0) is 4.74 Å². The van der Waals surface area contributed by atoms with Gasteiger partial charge in [-0.25, -0.2) is 9.78 Å². The first-order chi connectivity index (χ1) is 12.0. The first-order valence-electron chi connectivity index (χ1n) is 7.89. The second kappa shape index (κ2) is 8.60. The van der Waals surface area contributed by atoms with Crippen molar-refractivity contribution in [2.24, 2.45) is 5.92 Å². The number of rotatable bonds is 7. The normalized spacial score (nSPS) is 10.6. The number of aliphatic hydroxyl groups is 1. The van der Waals surface area contributed by atoms with E-state index in [9.17, 15) is 10.1 Å². The van der Waals surface area contributed by atoms with Crippen molar-refractivity contribution in [2.75, 3.05) is 19.8 Å². The maximum atomic E-state index is 12.0. The Balaban J connectivity index is 2.27. The molecule has 2 rings (SSSR count). The molecule has 0 aliphatic rings. The summed E-state index contributed by atoms with van der Waals surface area (Å²) in [4.78, 5) is 16.7. The third-order valence-corrected chi connectivity index (χ3v) is 4.41. The van der Waals surface area contributed by atoms with Crippen LogP contribution in [0.3, 0.4) is 0 Å². The zero-order valence-electron chi connectivity index (χ0n) is 14.4. The van der Waals surface area contributed by atoms with Crippen LogP contribution >= 0.6 is 11.3 Å². The molecular weight excluding hydrogens is 340 g/mol. The molecule has 0 saturated carbocycles. The maximum absolute atomic E-state index is 12.0. The molecule has 1 aromatic heterocycles. The van der Waals surface area contributed by atoms with Crippen LogP contribution < -0.4 is 4.74 Å². The van der Waals surface area contributed by atoms with Crippen LogP contribution in [0, 0.1) is 24.2 Å². The number of aliphatic hydroxyl groups excluding tert-OH is 1. The van der Waals surface area contributed by atoms with Gasteiger partial charge in [-0.05, 0) is 31.0 Å². The smallest absolute Gasteiger partial charge is 0.350 e. The maximum Gasteiger partial charge on any atom is 0.350 e. The minimum atomic E-state index is -0.507. The molecule has 0 amide bonds. The molecule has 2 aromatic rings. The number of carbonyl (C=O) groups is 1. The van der Waals surface area contributed by atoms with Crippen LogP contribution in [-0.4, -0.2) is 35.9 Å². The number of thiazole rings is 1. The van der Waals surface area contributed by atoms with E-state index in [4.69, 9.17) is 14.6 Å². The molecular formula is C18H20N2O4S. The van der Waals surface area contributed by atoms with E-state index in [1.165, 1.54) is 11.3 Å². The Morgan fingerprint density at radius 2 is 2.20 bits per heavy atom. The number of hydrogen-bond donors (Lipinski definition) is 1. The van der Waals surface area contributed by atoms with E-state index in [1.54, 1.807) is 19.1 Å². The third-order valence-electron chi connectivity index (χ3n) is 3.23. The van der Waals surface area contributed by atoms with Gasteiger partial charge in [-0.15, -0.1) is 11.3 Å². The van der Waals surface area contributed by atoms with E-state index < -0.39 is 5.97 Å². The standard InChI is InChI=1S/C18H20N2O4S/c1-11(2)10-24-15-5-4-13(8-14(15)9-19)17-20-12(3)16(25-17)18(22)23-7-6-21/h4-5,8,11,21H,6-7,10H2,1-3H3. The zero-order chi connectivity index (χ0) is 18.4. The molecule has 0 aliphatic heterocycles. The fraction of sp³-hybridized carbons (Fsp3) is 0.389. The summed E-state index contributed by atoms with van der Waals surface area (Å²) in [6, 6.07) is 7.40. The first kappa shape index (κ1) is 18.9. The Hall–Kier alpha value is -2.43. The Kier molecular flexibility index (Phi) is 6.51. The van der Waals surface area contributed by atoms with E-state index in [0.29, 0.717) is 39.4 Å². The highest BCUT2D eigenvalue weighted by Gasteiger charge is 2.18. The van der Waals surface area contributed by atoms with E-state index in [0.717, 1.165) is 5.56 Å². The summed E-state index contributed by atoms with van der Waals surface area (Å²) in [7, 11) is 0. The number of benzene rings is 1. The summed E-state index contributed by atoms with van der Waals surface area (Å²) in [5.41, 5.74) is 1.72. The Morgan fingerprint density at radius 3 is 2.84 bits per heavy atom. The second-order valence-corrected chi connectivity index (χ2v) is 6.82. The lowest BCUT2D eigenvalue weighted by Gasteiger charge is -2.10. The van der Waals surface area contributed by atoms with Gasteiger partial charge < -0.3 is 14.6 Å². The van der Waals surface area contributed by atoms with Crippen molar-refractivity contribution in [3.63, 3.8) is 0 Å². The zero-order valence-corrected chi connectivity index (χ0v) is 15.2. The van der Waals surface area contributed by atoms with Crippen molar-refractivity contribution in [3.8, 4) is 22.4 Å². The lowest BCUT2D eigenvalue weighted by Crippen LogP contribution is -2.08. The van der Waals surface area contributed by atoms with Crippen LogP contribution in [0.1, 0.15) is 34.8 Å². The minimum Gasteiger partial charge on any atom is -0.492 e. The first-order valence-corrected chi connectivity index (χ1v) is 8.70. The van der Waals surface area contributed by atoms with Gasteiger partial charge in [0.1, 0.15) is 28.3 Å². The van der Waals surface area contributed by atoms with Crippen molar-refractivity contribution in [1.82, 2.24) is 4.98 Å². The molecule has 25 heavy (non-hydrogen) atoms. The summed E-state index contributed by atoms with van der Waals surface area (Å²) < 4.78 is 10.6. The average Bonchev–Trinajstić information content (AvgIpc) is 2.99. The lowest BCUT2D eigenvalue weighted by atomic mass is 10.1. The van der Waals surface area contributed by atoms with Crippen molar-refractivity contribution in [2.45, 2.75) is 20.8 Å². The second-order valence-electron chi connectivity index (χ2n) is 5.82. The summed E-state index contributed by atoms with van der Waals surface area (Å²) in [5, 5.41) is 18.7. The number of esters is 1. The van der Waals surface area contributed by atoms with Gasteiger partial charge >= 0.3 is 5.97 Å². The van der Waals surface area contributed by atoms with Crippen LogP contribution in [0.2, 0.25) is 0 Å². The van der Waals surface area contributed by atoms with Gasteiger partial charge in [0.2, 0.25) is 0 Å². The molecule has 0 fully saturated rings. The summed E-state index contributed by atoms with van der Waals surface area (Å²) in [6.07, 6.45) is 0. The molecule has 0 radical (unpaired) electrons. The van der Waals surface area contributed by atoms with Gasteiger partial charge in [0.05, 0.1) is 24.5 Å². The minimum absolute atomic E-state index is 0.0496. The molecule has 0 unspecified atom stereocenters. The third kappa shape index (κ3) is 4.78. The number of ether oxygens (including phenoxy) is 2. The molecule has 0 bridgehead atoms. The van der Waals surface area contributed by atoms with E-state index >= 15 is 0 Å². The summed E-state index contributed by atoms with van der Waals surface area (Å²) in [6.45, 7) is 6.06. The number of nitriles is 1. The fourth-order valence-corrected chi connectivity index (χ4v) is 3.00. The van der Waals surface area contributed by atoms with Gasteiger partial charge in [0, 0.05) is 5.56 Å². The van der Waals surface area contributed by atoms with Gasteiger partial charge in [-0.3, -0.25) is 0 Å². The van der Waals surface area contributed by atoms with Crippen LogP contribution in [0.15, 0.2) is 18.2 Å². The Bertz CT molecular complexity index is 793. The van der Waals surface area contributed by atoms with Gasteiger partial charge in [0.15, 0.2) is 0 Å². The quantitative estimate of drug-likeness (QED) is 0.763. The molecule has 0 spiro atoms. The number of hydrogen-bond acceptors (Lipinski definition) is 7. The predicted octanol–water partition coefficient (Wildman–Crippen LogP) is 3.17. The molecule has 132 valence electrons. The van der Waals surface area contributed by atoms with Crippen molar-refractivity contribution >= 4 is 17.3 Å². The Labute approximate surface area is 150 Å². The molecule has 1 aromatic carbocycles. The molecule has 7 heteroatoms. The number of aryl methyl sites for hydroxylation is 1. The van der Waals surface area contributed by atoms with Gasteiger partial charge in [-0.2, -0.15) is 5.26 Å². The molecule has 0 atom stereocenters. The van der Waals surface area contributed by atoms with E-state index in [-0.39, 0.29) is 13.2 Å². The lowest BCUT2D eigenvalue weighted by molar-refractivity contribution is 0.0438. The Morgan fingerprint density at radius 1 is 1.44 bits per heavy atom. The van der Waals surface area contributed by atoms with Crippen LogP contribution in [0.25, 0.3) is 10.6 Å². The van der Waals surface area contributed by atoms with Gasteiger partial charge in [-0.1, -0.05) is 13.8 Å². The van der Waals surface area contributed by atoms with Crippen molar-refractivity contribution < 1.29 is 19.4 Å². The van der Waals surface area contributed by atoms with E-state index in [1.807, 2.05) is 19.9 Å². The van der Waals surface area contributed by atoms with Crippen LogP contribution in [0.4, 0.5) is 0 Å². The predicted molar refractivity (Wildman–Crippen MR) is 94.7 cm³/mol. The highest BCUT2D eigenvalue weighted by Crippen LogP contribution is 2.31. The highest BCUT2D eigenvalue weighted by atomic mass is 32.1. The molecule has 1 heterocycles. The largest absolute Gasteiger partial charge is 0.492 e. The van der Waals surface area contributed by atoms with Crippen molar-refractivity contribution in [3.05, 3.63) is 34.3 Å². The average molecular weight is 360 g/mol. The molecule has 0 aliphatic carbocycles. The number of aromatic nitrogens is 1. The number of nitrogens with zero attached hydrogens (tertiary/aromatic N) is 2. The van der Waals surface area contributed by atoms with Gasteiger partial charge in [0.25, 0.3) is 0 Å². The monoisotopic (exact) mass is 360 g/mol. The SMILES string of the molecule is Cc1nc(-c2ccc(OCC(C)C)c(C#N)c2)sc1C(=O)OCCO. The van der Waals surface area contributed by atoms with Crippen molar-refractivity contribution in [1.29, 1.82) is 5.26 Å². The van der Waals surface area contributed by atoms with Crippen LogP contribution in [0.5, 0.6) is 5.75 Å².